The average Bonchev–Trinajstić information content (AvgIpc) is 3.16. The molecule has 0 saturated carbocycles. The summed E-state index contributed by atoms with van der Waals surface area (Å²) in [5.41, 5.74) is 3.28. The van der Waals surface area contributed by atoms with Crippen molar-refractivity contribution in [1.82, 2.24) is 19.9 Å². The van der Waals surface area contributed by atoms with Crippen LogP contribution in [0.5, 0.6) is 5.88 Å². The van der Waals surface area contributed by atoms with Gasteiger partial charge in [0, 0.05) is 48.1 Å². The first-order valence-corrected chi connectivity index (χ1v) is 8.91. The summed E-state index contributed by atoms with van der Waals surface area (Å²) in [5, 5.41) is 13.0. The van der Waals surface area contributed by atoms with Gasteiger partial charge in [0.15, 0.2) is 0 Å². The molecule has 0 fully saturated rings. The molecule has 0 aromatic carbocycles. The number of nitrogens with zero attached hydrogens (tertiary/aromatic N) is 4. The number of anilines is 1. The Morgan fingerprint density at radius 1 is 1.21 bits per heavy atom. The average molecular weight is 388 g/mol. The Bertz CT molecular complexity index is 1210. The molecule has 0 spiro atoms. The Morgan fingerprint density at radius 2 is 2.10 bits per heavy atom. The van der Waals surface area contributed by atoms with E-state index in [0.717, 1.165) is 16.5 Å². The quantitative estimate of drug-likeness (QED) is 0.490. The number of hydrogen-bond acceptors (Lipinski definition) is 6. The predicted octanol–water partition coefficient (Wildman–Crippen LogP) is 3.58. The normalized spacial score (nSPS) is 10.7. The Balaban J connectivity index is 1.51. The number of hydrogen-bond donors (Lipinski definition) is 2. The number of pyridine rings is 3. The second-order valence-electron chi connectivity index (χ2n) is 6.39. The van der Waals surface area contributed by atoms with Crippen molar-refractivity contribution in [3.63, 3.8) is 0 Å². The van der Waals surface area contributed by atoms with E-state index in [1.807, 2.05) is 12.1 Å². The molecule has 0 atom stereocenters. The van der Waals surface area contributed by atoms with Crippen molar-refractivity contribution in [2.24, 2.45) is 0 Å². The summed E-state index contributed by atoms with van der Waals surface area (Å²) in [6.07, 6.45) is 5.27. The van der Waals surface area contributed by atoms with Crippen molar-refractivity contribution in [2.75, 3.05) is 12.4 Å². The van der Waals surface area contributed by atoms with Gasteiger partial charge in [-0.1, -0.05) is 12.1 Å². The molecule has 0 amide bonds. The highest BCUT2D eigenvalue weighted by Crippen LogP contribution is 2.23. The number of nitriles is 1. The molecule has 0 aliphatic heterocycles. The summed E-state index contributed by atoms with van der Waals surface area (Å²) in [7, 11) is 1.55. The molecular formula is C21H17FN6O. The number of aromatic amines is 1. The van der Waals surface area contributed by atoms with Crippen LogP contribution in [-0.4, -0.2) is 27.0 Å². The minimum absolute atomic E-state index is 0.339. The van der Waals surface area contributed by atoms with Gasteiger partial charge < -0.3 is 15.0 Å². The van der Waals surface area contributed by atoms with Gasteiger partial charge in [0.2, 0.25) is 11.8 Å². The number of H-pyrrole nitrogens is 1. The molecule has 144 valence electrons. The molecule has 7 nitrogen and oxygen atoms in total. The van der Waals surface area contributed by atoms with Crippen molar-refractivity contribution < 1.29 is 9.13 Å². The number of fused-ring (bicyclic) bond motifs is 1. The number of aromatic nitrogens is 4. The maximum absolute atomic E-state index is 14.6. The minimum Gasteiger partial charge on any atom is -0.481 e. The first-order chi connectivity index (χ1) is 14.2. The highest BCUT2D eigenvalue weighted by atomic mass is 19.1. The van der Waals surface area contributed by atoms with Crippen LogP contribution in [0.15, 0.2) is 48.9 Å². The fourth-order valence-electron chi connectivity index (χ4n) is 3.09. The third kappa shape index (κ3) is 3.84. The van der Waals surface area contributed by atoms with Gasteiger partial charge in [0.1, 0.15) is 17.5 Å². The van der Waals surface area contributed by atoms with E-state index in [4.69, 9.17) is 10.00 Å². The first kappa shape index (κ1) is 18.4. The Kier molecular flexibility index (Phi) is 5.03. The Hall–Kier alpha value is -3.99. The number of rotatable bonds is 6. The van der Waals surface area contributed by atoms with Crippen LogP contribution >= 0.6 is 0 Å². The van der Waals surface area contributed by atoms with Crippen LogP contribution in [-0.2, 0) is 13.0 Å². The van der Waals surface area contributed by atoms with E-state index in [2.05, 4.69) is 31.3 Å². The fourth-order valence-corrected chi connectivity index (χ4v) is 3.09. The molecule has 0 radical (unpaired) electrons. The lowest BCUT2D eigenvalue weighted by atomic mass is 10.1. The molecule has 4 aromatic rings. The van der Waals surface area contributed by atoms with Crippen LogP contribution in [0.1, 0.15) is 22.3 Å². The second kappa shape index (κ2) is 7.94. The Morgan fingerprint density at radius 3 is 2.90 bits per heavy atom. The first-order valence-electron chi connectivity index (χ1n) is 8.91. The van der Waals surface area contributed by atoms with Gasteiger partial charge in [0.05, 0.1) is 12.7 Å². The van der Waals surface area contributed by atoms with Crippen molar-refractivity contribution in [3.05, 3.63) is 77.1 Å². The lowest BCUT2D eigenvalue weighted by molar-refractivity contribution is 0.393. The molecule has 29 heavy (non-hydrogen) atoms. The maximum Gasteiger partial charge on any atom is 0.218 e. The largest absolute Gasteiger partial charge is 0.481 e. The van der Waals surface area contributed by atoms with Gasteiger partial charge in [-0.2, -0.15) is 9.65 Å². The van der Waals surface area contributed by atoms with Crippen molar-refractivity contribution in [3.8, 4) is 11.9 Å². The van der Waals surface area contributed by atoms with Crippen molar-refractivity contribution >= 4 is 16.9 Å². The zero-order valence-electron chi connectivity index (χ0n) is 15.6. The van der Waals surface area contributed by atoms with Crippen LogP contribution in [0.2, 0.25) is 0 Å². The zero-order chi connectivity index (χ0) is 20.2. The van der Waals surface area contributed by atoms with Gasteiger partial charge in [0.25, 0.3) is 0 Å². The van der Waals surface area contributed by atoms with Gasteiger partial charge >= 0.3 is 0 Å². The van der Waals surface area contributed by atoms with Gasteiger partial charge in [-0.05, 0) is 23.8 Å². The van der Waals surface area contributed by atoms with Gasteiger partial charge in [-0.15, -0.1) is 0 Å². The SMILES string of the molecule is COc1ncccc1CNc1ccc(Cc2c[nH]c3ncc(C#N)cc23)c(F)n1. The predicted molar refractivity (Wildman–Crippen MR) is 106 cm³/mol. The molecule has 4 heterocycles. The van der Waals surface area contributed by atoms with E-state index in [-0.39, 0.29) is 0 Å². The summed E-state index contributed by atoms with van der Waals surface area (Å²) in [4.78, 5) is 15.4. The standard InChI is InChI=1S/C21H17FN6O/c1-29-21-15(3-2-6-24-21)11-25-18-5-4-14(19(22)28-18)8-16-12-27-20-17(16)7-13(9-23)10-26-20/h2-7,10,12H,8,11H2,1H3,(H,25,28)(H,26,27). The highest BCUT2D eigenvalue weighted by Gasteiger charge is 2.12. The van der Waals surface area contributed by atoms with Crippen LogP contribution < -0.4 is 10.1 Å². The van der Waals surface area contributed by atoms with E-state index >= 15 is 0 Å². The summed E-state index contributed by atoms with van der Waals surface area (Å²) < 4.78 is 19.8. The maximum atomic E-state index is 14.6. The molecular weight excluding hydrogens is 371 g/mol. The van der Waals surface area contributed by atoms with Gasteiger partial charge in [-0.3, -0.25) is 0 Å². The van der Waals surface area contributed by atoms with Crippen LogP contribution in [0, 0.1) is 17.3 Å². The molecule has 0 bridgehead atoms. The highest BCUT2D eigenvalue weighted by molar-refractivity contribution is 5.81. The van der Waals surface area contributed by atoms with Crippen molar-refractivity contribution in [2.45, 2.75) is 13.0 Å². The molecule has 2 N–H and O–H groups in total. The number of halogens is 1. The lowest BCUT2D eigenvalue weighted by Crippen LogP contribution is -2.06. The van der Waals surface area contributed by atoms with E-state index in [0.29, 0.717) is 41.4 Å². The molecule has 8 heteroatoms. The molecule has 4 rings (SSSR count). The minimum atomic E-state index is -0.549. The summed E-state index contributed by atoms with van der Waals surface area (Å²) in [6, 6.07) is 10.9. The molecule has 4 aromatic heterocycles. The van der Waals surface area contributed by atoms with Crippen molar-refractivity contribution in [1.29, 1.82) is 5.26 Å². The number of nitrogens with one attached hydrogen (secondary N) is 2. The Labute approximate surface area is 166 Å². The van der Waals surface area contributed by atoms with E-state index in [9.17, 15) is 4.39 Å². The van der Waals surface area contributed by atoms with Crippen LogP contribution in [0.4, 0.5) is 10.2 Å². The fraction of sp³-hybridized carbons (Fsp3) is 0.143. The number of ether oxygens (including phenoxy) is 1. The molecule has 0 aliphatic rings. The molecule has 0 aliphatic carbocycles. The summed E-state index contributed by atoms with van der Waals surface area (Å²) in [6.45, 7) is 0.411. The third-order valence-electron chi connectivity index (χ3n) is 4.56. The summed E-state index contributed by atoms with van der Waals surface area (Å²) in [5.74, 6) is 0.387. The van der Waals surface area contributed by atoms with Gasteiger partial charge in [-0.25, -0.2) is 15.0 Å². The lowest BCUT2D eigenvalue weighted by Gasteiger charge is -2.10. The summed E-state index contributed by atoms with van der Waals surface area (Å²) >= 11 is 0. The third-order valence-corrected chi connectivity index (χ3v) is 4.56. The molecule has 0 saturated heterocycles. The zero-order valence-corrected chi connectivity index (χ0v) is 15.6. The van der Waals surface area contributed by atoms with E-state index < -0.39 is 5.95 Å². The topological polar surface area (TPSA) is 99.5 Å². The smallest absolute Gasteiger partial charge is 0.218 e. The monoisotopic (exact) mass is 388 g/mol. The van der Waals surface area contributed by atoms with Crippen LogP contribution in [0.25, 0.3) is 11.0 Å². The van der Waals surface area contributed by atoms with E-state index in [1.165, 1.54) is 6.20 Å². The number of methoxy groups -OCH3 is 1. The van der Waals surface area contributed by atoms with E-state index in [1.54, 1.807) is 37.7 Å². The molecule has 0 unspecified atom stereocenters. The second-order valence-corrected chi connectivity index (χ2v) is 6.39. The van der Waals surface area contributed by atoms with Crippen LogP contribution in [0.3, 0.4) is 0 Å².